The van der Waals surface area contributed by atoms with Crippen LogP contribution < -0.4 is 0 Å². The topological polar surface area (TPSA) is 35.6 Å². The molecule has 0 saturated heterocycles. The Hall–Kier alpha value is -1.33. The van der Waals surface area contributed by atoms with Gasteiger partial charge in [-0.05, 0) is 35.2 Å². The first kappa shape index (κ1) is 14.6. The molecular formula is C15H19ClN4S. The number of alkyl halides is 1. The number of fused-ring (bicyclic) bond motifs is 1. The van der Waals surface area contributed by atoms with Crippen LogP contribution in [-0.2, 0) is 25.9 Å². The number of hydrogen-bond acceptors (Lipinski definition) is 3. The van der Waals surface area contributed by atoms with Gasteiger partial charge in [-0.1, -0.05) is 13.3 Å². The molecule has 3 heterocycles. The van der Waals surface area contributed by atoms with Gasteiger partial charge in [0, 0.05) is 7.05 Å². The summed E-state index contributed by atoms with van der Waals surface area (Å²) in [5, 5.41) is 8.99. The minimum absolute atomic E-state index is 0.420. The quantitative estimate of drug-likeness (QED) is 0.668. The number of rotatable bonds is 5. The summed E-state index contributed by atoms with van der Waals surface area (Å²) in [6.07, 6.45) is 2.02. The number of aryl methyl sites for hydroxylation is 3. The standard InChI is InChI=1S/C15H19ClN4S/c1-4-5-12-14-15(19(3)18-12)20(13(6-16)17-14)7-11-9-21-8-10(11)2/h8-9H,4-7H2,1-3H3. The number of hydrogen-bond donors (Lipinski definition) is 0. The van der Waals surface area contributed by atoms with Gasteiger partial charge < -0.3 is 4.57 Å². The van der Waals surface area contributed by atoms with Gasteiger partial charge in [0.05, 0.1) is 18.1 Å². The lowest BCUT2D eigenvalue weighted by Gasteiger charge is -2.08. The Bertz CT molecular complexity index is 768. The van der Waals surface area contributed by atoms with Crippen molar-refractivity contribution in [2.45, 2.75) is 39.1 Å². The molecule has 0 bridgehead atoms. The maximum Gasteiger partial charge on any atom is 0.159 e. The van der Waals surface area contributed by atoms with Crippen LogP contribution in [0.3, 0.4) is 0 Å². The minimum atomic E-state index is 0.420. The van der Waals surface area contributed by atoms with E-state index in [1.54, 1.807) is 11.3 Å². The molecule has 3 aromatic rings. The molecule has 21 heavy (non-hydrogen) atoms. The second-order valence-corrected chi connectivity index (χ2v) is 6.33. The van der Waals surface area contributed by atoms with Crippen LogP contribution in [0.2, 0.25) is 0 Å². The van der Waals surface area contributed by atoms with Gasteiger partial charge in [0.25, 0.3) is 0 Å². The van der Waals surface area contributed by atoms with Gasteiger partial charge in [0.15, 0.2) is 5.65 Å². The van der Waals surface area contributed by atoms with E-state index in [0.717, 1.165) is 42.1 Å². The van der Waals surface area contributed by atoms with Gasteiger partial charge in [-0.3, -0.25) is 4.68 Å². The molecule has 0 aliphatic heterocycles. The van der Waals surface area contributed by atoms with Crippen molar-refractivity contribution in [2.75, 3.05) is 0 Å². The van der Waals surface area contributed by atoms with Crippen LogP contribution >= 0.6 is 22.9 Å². The van der Waals surface area contributed by atoms with Crippen LogP contribution in [0, 0.1) is 6.92 Å². The van der Waals surface area contributed by atoms with Crippen LogP contribution in [0.1, 0.15) is 36.0 Å². The van der Waals surface area contributed by atoms with Gasteiger partial charge in [-0.25, -0.2) is 4.98 Å². The Balaban J connectivity index is 2.14. The predicted octanol–water partition coefficient (Wildman–Crippen LogP) is 3.88. The molecule has 0 aliphatic carbocycles. The highest BCUT2D eigenvalue weighted by atomic mass is 35.5. The largest absolute Gasteiger partial charge is 0.307 e. The molecule has 3 rings (SSSR count). The predicted molar refractivity (Wildman–Crippen MR) is 88.2 cm³/mol. The summed E-state index contributed by atoms with van der Waals surface area (Å²) < 4.78 is 4.13. The molecule has 112 valence electrons. The van der Waals surface area contributed by atoms with Crippen LogP contribution in [0.5, 0.6) is 0 Å². The summed E-state index contributed by atoms with van der Waals surface area (Å²) >= 11 is 7.85. The third kappa shape index (κ3) is 2.49. The average Bonchev–Trinajstić information content (AvgIpc) is 3.10. The van der Waals surface area contributed by atoms with Crippen molar-refractivity contribution in [1.82, 2.24) is 19.3 Å². The number of imidazole rings is 1. The molecule has 0 unspecified atom stereocenters. The smallest absolute Gasteiger partial charge is 0.159 e. The molecule has 0 saturated carbocycles. The lowest BCUT2D eigenvalue weighted by Crippen LogP contribution is -2.07. The van der Waals surface area contributed by atoms with Crippen molar-refractivity contribution >= 4 is 34.1 Å². The van der Waals surface area contributed by atoms with Crippen LogP contribution in [0.25, 0.3) is 11.2 Å². The molecule has 6 heteroatoms. The zero-order chi connectivity index (χ0) is 15.0. The summed E-state index contributed by atoms with van der Waals surface area (Å²) in [5.74, 6) is 1.34. The molecule has 0 N–H and O–H groups in total. The first-order valence-electron chi connectivity index (χ1n) is 7.14. The SMILES string of the molecule is CCCc1nn(C)c2c1nc(CCl)n2Cc1cscc1C. The maximum atomic E-state index is 6.11. The average molecular weight is 323 g/mol. The van der Waals surface area contributed by atoms with E-state index in [9.17, 15) is 0 Å². The minimum Gasteiger partial charge on any atom is -0.307 e. The lowest BCUT2D eigenvalue weighted by atomic mass is 10.2. The maximum absolute atomic E-state index is 6.11. The Morgan fingerprint density at radius 3 is 2.76 bits per heavy atom. The third-order valence-electron chi connectivity index (χ3n) is 3.77. The number of thiophene rings is 1. The van der Waals surface area contributed by atoms with E-state index >= 15 is 0 Å². The lowest BCUT2D eigenvalue weighted by molar-refractivity contribution is 0.692. The highest BCUT2D eigenvalue weighted by Gasteiger charge is 2.19. The fourth-order valence-corrected chi connectivity index (χ4v) is 3.73. The van der Waals surface area contributed by atoms with E-state index < -0.39 is 0 Å². The number of aromatic nitrogens is 4. The molecule has 0 spiro atoms. The molecule has 4 nitrogen and oxygen atoms in total. The van der Waals surface area contributed by atoms with E-state index in [1.165, 1.54) is 11.1 Å². The molecule has 0 radical (unpaired) electrons. The number of halogens is 1. The van der Waals surface area contributed by atoms with E-state index in [-0.39, 0.29) is 0 Å². The molecule has 0 fully saturated rings. The fourth-order valence-electron chi connectivity index (χ4n) is 2.68. The van der Waals surface area contributed by atoms with E-state index in [2.05, 4.69) is 34.3 Å². The highest BCUT2D eigenvalue weighted by Crippen LogP contribution is 2.24. The summed E-state index contributed by atoms with van der Waals surface area (Å²) in [5.41, 5.74) is 5.78. The van der Waals surface area contributed by atoms with Crippen LogP contribution in [0.4, 0.5) is 0 Å². The van der Waals surface area contributed by atoms with E-state index in [0.29, 0.717) is 5.88 Å². The first-order valence-corrected chi connectivity index (χ1v) is 8.62. The third-order valence-corrected chi connectivity index (χ3v) is 4.92. The van der Waals surface area contributed by atoms with Gasteiger partial charge >= 0.3 is 0 Å². The first-order chi connectivity index (χ1) is 10.2. The Morgan fingerprint density at radius 2 is 2.14 bits per heavy atom. The molecule has 0 aromatic carbocycles. The van der Waals surface area contributed by atoms with Crippen molar-refractivity contribution < 1.29 is 0 Å². The summed E-state index contributed by atoms with van der Waals surface area (Å²) in [7, 11) is 1.98. The Kier molecular flexibility index (Phi) is 4.04. The molecule has 0 atom stereocenters. The zero-order valence-corrected chi connectivity index (χ0v) is 14.1. The summed E-state index contributed by atoms with van der Waals surface area (Å²) in [4.78, 5) is 4.73. The van der Waals surface area contributed by atoms with E-state index in [1.807, 2.05) is 11.7 Å². The summed E-state index contributed by atoms with van der Waals surface area (Å²) in [6, 6.07) is 0. The molecular weight excluding hydrogens is 304 g/mol. The second-order valence-electron chi connectivity index (χ2n) is 5.32. The highest BCUT2D eigenvalue weighted by molar-refractivity contribution is 7.08. The number of nitrogens with zero attached hydrogens (tertiary/aromatic N) is 4. The monoisotopic (exact) mass is 322 g/mol. The van der Waals surface area contributed by atoms with Crippen molar-refractivity contribution in [3.05, 3.63) is 33.4 Å². The Morgan fingerprint density at radius 1 is 1.33 bits per heavy atom. The summed E-state index contributed by atoms with van der Waals surface area (Å²) in [6.45, 7) is 5.11. The van der Waals surface area contributed by atoms with Gasteiger partial charge in [0.1, 0.15) is 11.3 Å². The van der Waals surface area contributed by atoms with E-state index in [4.69, 9.17) is 16.6 Å². The molecule has 0 amide bonds. The molecule has 3 aromatic heterocycles. The van der Waals surface area contributed by atoms with Crippen molar-refractivity contribution in [3.8, 4) is 0 Å². The fraction of sp³-hybridized carbons (Fsp3) is 0.467. The van der Waals surface area contributed by atoms with Crippen LogP contribution in [-0.4, -0.2) is 19.3 Å². The van der Waals surface area contributed by atoms with Gasteiger partial charge in [-0.15, -0.1) is 11.6 Å². The second kappa shape index (κ2) is 5.81. The van der Waals surface area contributed by atoms with Gasteiger partial charge in [-0.2, -0.15) is 16.4 Å². The van der Waals surface area contributed by atoms with Gasteiger partial charge in [0.2, 0.25) is 0 Å². The van der Waals surface area contributed by atoms with Crippen molar-refractivity contribution in [2.24, 2.45) is 7.05 Å². The molecule has 0 aliphatic rings. The van der Waals surface area contributed by atoms with Crippen molar-refractivity contribution in [1.29, 1.82) is 0 Å². The Labute approximate surface area is 133 Å². The van der Waals surface area contributed by atoms with Crippen LogP contribution in [0.15, 0.2) is 10.8 Å². The zero-order valence-electron chi connectivity index (χ0n) is 12.6. The normalized spacial score (nSPS) is 11.6. The van der Waals surface area contributed by atoms with Crippen molar-refractivity contribution in [3.63, 3.8) is 0 Å².